The lowest BCUT2D eigenvalue weighted by Crippen LogP contribution is -2.52. The zero-order valence-electron chi connectivity index (χ0n) is 14.8. The predicted octanol–water partition coefficient (Wildman–Crippen LogP) is 3.07. The van der Waals surface area contributed by atoms with Gasteiger partial charge in [0.25, 0.3) is 10.0 Å². The largest absolute Gasteiger partial charge is 0.339 e. The fourth-order valence-electron chi connectivity index (χ4n) is 2.81. The number of carbonyl (C=O) groups excluding carboxylic acids is 1. The molecular weight excluding hydrogens is 388 g/mol. The Morgan fingerprint density at radius 2 is 1.77 bits per heavy atom. The first-order valence-electron chi connectivity index (χ1n) is 8.44. The van der Waals surface area contributed by atoms with Gasteiger partial charge in [-0.15, -0.1) is 23.1 Å². The van der Waals surface area contributed by atoms with Crippen LogP contribution in [0.3, 0.4) is 0 Å². The Morgan fingerprint density at radius 3 is 2.35 bits per heavy atom. The standard InChI is InChI=1S/C18H22N2O3S3/c1-14-5-7-16(8-6-14)25-15(2)18(21)19-9-11-20(12-10-19)26(22,23)17-4-3-13-24-17/h3-8,13,15H,9-12H2,1-2H3/t15-/m0/s1. The molecule has 1 fully saturated rings. The number of thioether (sulfide) groups is 1. The molecule has 1 aromatic carbocycles. The first-order chi connectivity index (χ1) is 12.4. The number of aryl methyl sites for hydroxylation is 1. The van der Waals surface area contributed by atoms with Crippen LogP contribution in [-0.2, 0) is 14.8 Å². The van der Waals surface area contributed by atoms with E-state index in [-0.39, 0.29) is 11.2 Å². The molecule has 0 unspecified atom stereocenters. The number of piperazine rings is 1. The molecular formula is C18H22N2O3S3. The van der Waals surface area contributed by atoms with Crippen molar-refractivity contribution >= 4 is 39.0 Å². The lowest BCUT2D eigenvalue weighted by atomic mass is 10.2. The summed E-state index contributed by atoms with van der Waals surface area (Å²) in [5.74, 6) is 0.0590. The zero-order valence-corrected chi connectivity index (χ0v) is 17.2. The van der Waals surface area contributed by atoms with Crippen molar-refractivity contribution in [1.82, 2.24) is 9.21 Å². The van der Waals surface area contributed by atoms with Crippen molar-refractivity contribution in [3.8, 4) is 0 Å². The minimum absolute atomic E-state index is 0.0590. The van der Waals surface area contributed by atoms with Gasteiger partial charge < -0.3 is 4.90 Å². The van der Waals surface area contributed by atoms with Gasteiger partial charge in [-0.05, 0) is 37.4 Å². The molecule has 1 amide bonds. The summed E-state index contributed by atoms with van der Waals surface area (Å²) >= 11 is 2.76. The second kappa shape index (κ2) is 8.12. The molecule has 0 bridgehead atoms. The lowest BCUT2D eigenvalue weighted by Gasteiger charge is -2.34. The molecule has 2 aromatic rings. The molecule has 1 aliphatic rings. The fraction of sp³-hybridized carbons (Fsp3) is 0.389. The van der Waals surface area contributed by atoms with E-state index in [1.54, 1.807) is 22.4 Å². The van der Waals surface area contributed by atoms with Crippen molar-refractivity contribution in [1.29, 1.82) is 0 Å². The molecule has 5 nitrogen and oxygen atoms in total. The Labute approximate surface area is 163 Å². The lowest BCUT2D eigenvalue weighted by molar-refractivity contribution is -0.131. The molecule has 8 heteroatoms. The van der Waals surface area contributed by atoms with Gasteiger partial charge in [-0.2, -0.15) is 4.31 Å². The second-order valence-electron chi connectivity index (χ2n) is 6.23. The number of nitrogens with zero attached hydrogens (tertiary/aromatic N) is 2. The van der Waals surface area contributed by atoms with Crippen molar-refractivity contribution in [2.75, 3.05) is 26.2 Å². The van der Waals surface area contributed by atoms with E-state index in [0.717, 1.165) is 4.90 Å². The first-order valence-corrected chi connectivity index (χ1v) is 11.6. The van der Waals surface area contributed by atoms with E-state index in [1.165, 1.54) is 33.0 Å². The molecule has 26 heavy (non-hydrogen) atoms. The van der Waals surface area contributed by atoms with Crippen molar-refractivity contribution in [3.63, 3.8) is 0 Å². The van der Waals surface area contributed by atoms with Crippen LogP contribution in [0.25, 0.3) is 0 Å². The van der Waals surface area contributed by atoms with E-state index in [2.05, 4.69) is 0 Å². The maximum atomic E-state index is 12.7. The highest BCUT2D eigenvalue weighted by Gasteiger charge is 2.32. The normalized spacial score (nSPS) is 17.2. The van der Waals surface area contributed by atoms with Crippen molar-refractivity contribution in [2.45, 2.75) is 28.2 Å². The molecule has 1 aliphatic heterocycles. The average Bonchev–Trinajstić information content (AvgIpc) is 3.18. The van der Waals surface area contributed by atoms with Crippen LogP contribution in [0.1, 0.15) is 12.5 Å². The summed E-state index contributed by atoms with van der Waals surface area (Å²) in [6.07, 6.45) is 0. The molecule has 0 N–H and O–H groups in total. The number of thiophene rings is 1. The highest BCUT2D eigenvalue weighted by molar-refractivity contribution is 8.00. The Balaban J connectivity index is 1.57. The molecule has 0 radical (unpaired) electrons. The van der Waals surface area contributed by atoms with Gasteiger partial charge in [0.1, 0.15) is 4.21 Å². The van der Waals surface area contributed by atoms with Crippen LogP contribution < -0.4 is 0 Å². The number of hydrogen-bond donors (Lipinski definition) is 0. The highest BCUT2D eigenvalue weighted by Crippen LogP contribution is 2.26. The Morgan fingerprint density at radius 1 is 1.12 bits per heavy atom. The molecule has 0 spiro atoms. The number of sulfonamides is 1. The van der Waals surface area contributed by atoms with Crippen LogP contribution in [0.5, 0.6) is 0 Å². The minimum Gasteiger partial charge on any atom is -0.339 e. The fourth-order valence-corrected chi connectivity index (χ4v) is 6.33. The molecule has 3 rings (SSSR count). The molecule has 1 atom stereocenters. The van der Waals surface area contributed by atoms with E-state index in [1.807, 2.05) is 38.1 Å². The van der Waals surface area contributed by atoms with Gasteiger partial charge in [-0.3, -0.25) is 4.79 Å². The summed E-state index contributed by atoms with van der Waals surface area (Å²) in [6, 6.07) is 11.5. The summed E-state index contributed by atoms with van der Waals surface area (Å²) in [6.45, 7) is 5.49. The topological polar surface area (TPSA) is 57.7 Å². The Kier molecular flexibility index (Phi) is 6.06. The number of rotatable bonds is 5. The van der Waals surface area contributed by atoms with Crippen LogP contribution in [-0.4, -0.2) is 55.0 Å². The molecule has 0 saturated carbocycles. The van der Waals surface area contributed by atoms with Crippen LogP contribution >= 0.6 is 23.1 Å². The summed E-state index contributed by atoms with van der Waals surface area (Å²) in [4.78, 5) is 15.5. The predicted molar refractivity (Wildman–Crippen MR) is 106 cm³/mol. The van der Waals surface area contributed by atoms with E-state index in [4.69, 9.17) is 0 Å². The summed E-state index contributed by atoms with van der Waals surface area (Å²) < 4.78 is 26.9. The summed E-state index contributed by atoms with van der Waals surface area (Å²) in [5, 5.41) is 1.56. The maximum absolute atomic E-state index is 12.7. The number of carbonyl (C=O) groups is 1. The van der Waals surface area contributed by atoms with Gasteiger partial charge in [0.05, 0.1) is 5.25 Å². The van der Waals surface area contributed by atoms with Crippen molar-refractivity contribution < 1.29 is 13.2 Å². The number of benzene rings is 1. The van der Waals surface area contributed by atoms with Gasteiger partial charge in [0, 0.05) is 31.1 Å². The third kappa shape index (κ3) is 4.31. The summed E-state index contributed by atoms with van der Waals surface area (Å²) in [7, 11) is -3.43. The Hall–Kier alpha value is -1.35. The van der Waals surface area contributed by atoms with Crippen molar-refractivity contribution in [3.05, 3.63) is 47.3 Å². The van der Waals surface area contributed by atoms with Crippen LogP contribution in [0.15, 0.2) is 50.9 Å². The monoisotopic (exact) mass is 410 g/mol. The van der Waals surface area contributed by atoms with Gasteiger partial charge in [0.15, 0.2) is 0 Å². The SMILES string of the molecule is Cc1ccc(S[C@@H](C)C(=O)N2CCN(S(=O)(=O)c3cccs3)CC2)cc1. The minimum atomic E-state index is -3.43. The molecule has 1 aromatic heterocycles. The van der Waals surface area contributed by atoms with E-state index in [0.29, 0.717) is 30.4 Å². The third-order valence-electron chi connectivity index (χ3n) is 4.32. The maximum Gasteiger partial charge on any atom is 0.252 e. The number of hydrogen-bond acceptors (Lipinski definition) is 5. The molecule has 140 valence electrons. The third-order valence-corrected chi connectivity index (χ3v) is 8.69. The molecule has 0 aliphatic carbocycles. The molecule has 2 heterocycles. The zero-order chi connectivity index (χ0) is 18.7. The van der Waals surface area contributed by atoms with E-state index < -0.39 is 10.0 Å². The molecule has 1 saturated heterocycles. The van der Waals surface area contributed by atoms with E-state index >= 15 is 0 Å². The smallest absolute Gasteiger partial charge is 0.252 e. The second-order valence-corrected chi connectivity index (χ2v) is 10.8. The Bertz CT molecular complexity index is 840. The van der Waals surface area contributed by atoms with Gasteiger partial charge in [0.2, 0.25) is 5.91 Å². The average molecular weight is 411 g/mol. The van der Waals surface area contributed by atoms with Gasteiger partial charge in [-0.1, -0.05) is 23.8 Å². The first kappa shape index (κ1) is 19.4. The van der Waals surface area contributed by atoms with Crippen LogP contribution in [0.4, 0.5) is 0 Å². The van der Waals surface area contributed by atoms with E-state index in [9.17, 15) is 13.2 Å². The van der Waals surface area contributed by atoms with Crippen LogP contribution in [0.2, 0.25) is 0 Å². The van der Waals surface area contributed by atoms with Gasteiger partial charge >= 0.3 is 0 Å². The van der Waals surface area contributed by atoms with Crippen molar-refractivity contribution in [2.24, 2.45) is 0 Å². The highest BCUT2D eigenvalue weighted by atomic mass is 32.2. The quantitative estimate of drug-likeness (QED) is 0.711. The number of amides is 1. The summed E-state index contributed by atoms with van der Waals surface area (Å²) in [5.41, 5.74) is 1.19. The van der Waals surface area contributed by atoms with Crippen LogP contribution in [0, 0.1) is 6.92 Å². The van der Waals surface area contributed by atoms with Gasteiger partial charge in [-0.25, -0.2) is 8.42 Å².